The lowest BCUT2D eigenvalue weighted by molar-refractivity contribution is -0.142. The molecule has 4 rings (SSSR count). The number of methoxy groups -OCH3 is 1. The van der Waals surface area contributed by atoms with Gasteiger partial charge >= 0.3 is 5.97 Å². The Morgan fingerprint density at radius 3 is 2.80 bits per heavy atom. The number of ether oxygens (including phenoxy) is 1. The number of nitrogens with one attached hydrogen (secondary N) is 1. The second-order valence-corrected chi connectivity index (χ2v) is 8.41. The van der Waals surface area contributed by atoms with E-state index in [-0.39, 0.29) is 12.3 Å². The molecule has 1 N–H and O–H groups in total. The molecule has 6 nitrogen and oxygen atoms in total. The summed E-state index contributed by atoms with van der Waals surface area (Å²) in [5.41, 5.74) is 2.77. The first-order valence-electron chi connectivity index (χ1n) is 9.50. The largest absolute Gasteiger partial charge is 0.469 e. The molecule has 0 unspecified atom stereocenters. The number of thioether (sulfide) groups is 1. The Kier molecular flexibility index (Phi) is 6.11. The molecule has 0 bridgehead atoms. The maximum Gasteiger partial charge on any atom is 0.307 e. The number of para-hydroxylation sites is 2. The Morgan fingerprint density at radius 1 is 1.23 bits per heavy atom. The molecule has 154 valence electrons. The second kappa shape index (κ2) is 8.93. The number of carbonyl (C=O) groups excluding carboxylic acids is 2. The molecular formula is C22H20ClN3O3S. The summed E-state index contributed by atoms with van der Waals surface area (Å²) < 4.78 is 4.75. The van der Waals surface area contributed by atoms with Gasteiger partial charge in [0, 0.05) is 23.6 Å². The van der Waals surface area contributed by atoms with Crippen LogP contribution in [0.25, 0.3) is 10.9 Å². The van der Waals surface area contributed by atoms with Crippen LogP contribution in [0.3, 0.4) is 0 Å². The second-order valence-electron chi connectivity index (χ2n) is 6.83. The van der Waals surface area contributed by atoms with Gasteiger partial charge in [-0.25, -0.2) is 4.99 Å². The predicted molar refractivity (Wildman–Crippen MR) is 120 cm³/mol. The van der Waals surface area contributed by atoms with Gasteiger partial charge in [-0.3, -0.25) is 14.5 Å². The fourth-order valence-corrected chi connectivity index (χ4v) is 4.72. The van der Waals surface area contributed by atoms with E-state index < -0.39 is 11.2 Å². The van der Waals surface area contributed by atoms with E-state index >= 15 is 0 Å². The summed E-state index contributed by atoms with van der Waals surface area (Å²) >= 11 is 7.53. The number of fused-ring (bicyclic) bond motifs is 1. The van der Waals surface area contributed by atoms with Gasteiger partial charge in [-0.15, -0.1) is 0 Å². The molecule has 1 saturated heterocycles. The first-order chi connectivity index (χ1) is 14.6. The summed E-state index contributed by atoms with van der Waals surface area (Å²) in [4.78, 5) is 34.3. The molecule has 3 aromatic rings. The summed E-state index contributed by atoms with van der Waals surface area (Å²) in [6, 6.07) is 15.3. The van der Waals surface area contributed by atoms with Crippen LogP contribution >= 0.6 is 23.4 Å². The number of rotatable bonds is 6. The minimum absolute atomic E-state index is 0.00509. The van der Waals surface area contributed by atoms with Crippen molar-refractivity contribution in [2.24, 2.45) is 4.99 Å². The van der Waals surface area contributed by atoms with Gasteiger partial charge in [-0.05, 0) is 30.2 Å². The summed E-state index contributed by atoms with van der Waals surface area (Å²) in [6.45, 7) is 0.453. The van der Waals surface area contributed by atoms with Crippen molar-refractivity contribution in [1.82, 2.24) is 9.88 Å². The van der Waals surface area contributed by atoms with Crippen LogP contribution in [0.1, 0.15) is 12.0 Å². The standard InChI is InChI=1S/C22H20ClN3O3S/c1-29-20(27)12-19-21(28)26(22(30-19)25-18-9-5-3-7-16(18)23)11-10-14-13-24-17-8-4-2-6-15(14)17/h2-9,13,19,24H,10-12H2,1H3/t19-/m1/s1. The van der Waals surface area contributed by atoms with E-state index in [9.17, 15) is 9.59 Å². The molecule has 0 aliphatic carbocycles. The van der Waals surface area contributed by atoms with Crippen LogP contribution in [0.15, 0.2) is 59.7 Å². The lowest BCUT2D eigenvalue weighted by Crippen LogP contribution is -2.34. The van der Waals surface area contributed by atoms with Gasteiger partial charge in [-0.1, -0.05) is 53.7 Å². The van der Waals surface area contributed by atoms with Crippen LogP contribution in [0, 0.1) is 0 Å². The molecule has 1 aromatic heterocycles. The first kappa shape index (κ1) is 20.5. The predicted octanol–water partition coefficient (Wildman–Crippen LogP) is 4.56. The summed E-state index contributed by atoms with van der Waals surface area (Å²) in [5, 5.41) is 1.63. The number of aromatic nitrogens is 1. The van der Waals surface area contributed by atoms with Gasteiger partial charge in [0.15, 0.2) is 5.17 Å². The number of halogens is 1. The van der Waals surface area contributed by atoms with E-state index in [0.29, 0.717) is 28.8 Å². The van der Waals surface area contributed by atoms with Gasteiger partial charge < -0.3 is 9.72 Å². The highest BCUT2D eigenvalue weighted by Gasteiger charge is 2.39. The van der Waals surface area contributed by atoms with Crippen molar-refractivity contribution >= 4 is 57.0 Å². The highest BCUT2D eigenvalue weighted by atomic mass is 35.5. The molecule has 1 atom stereocenters. The molecule has 1 aliphatic rings. The zero-order chi connectivity index (χ0) is 21.1. The normalized spacial score (nSPS) is 17.8. The maximum absolute atomic E-state index is 13.0. The lowest BCUT2D eigenvalue weighted by Gasteiger charge is -2.16. The average Bonchev–Trinajstić information content (AvgIpc) is 3.29. The Bertz CT molecular complexity index is 1130. The molecule has 0 saturated carbocycles. The number of aliphatic imine (C=N–C) groups is 1. The van der Waals surface area contributed by atoms with Crippen molar-refractivity contribution in [1.29, 1.82) is 0 Å². The van der Waals surface area contributed by atoms with E-state index in [4.69, 9.17) is 16.3 Å². The number of esters is 1. The Hall–Kier alpha value is -2.77. The zero-order valence-corrected chi connectivity index (χ0v) is 17.9. The van der Waals surface area contributed by atoms with Gasteiger partial charge in [0.1, 0.15) is 5.25 Å². The van der Waals surface area contributed by atoms with Crippen molar-refractivity contribution < 1.29 is 14.3 Å². The molecule has 2 heterocycles. The van der Waals surface area contributed by atoms with Gasteiger partial charge in [0.25, 0.3) is 0 Å². The number of benzene rings is 2. The third-order valence-electron chi connectivity index (χ3n) is 4.95. The van der Waals surface area contributed by atoms with Crippen LogP contribution in [-0.2, 0) is 20.7 Å². The number of H-pyrrole nitrogens is 1. The Balaban J connectivity index is 1.60. The van der Waals surface area contributed by atoms with Crippen molar-refractivity contribution in [2.45, 2.75) is 18.1 Å². The maximum atomic E-state index is 13.0. The summed E-state index contributed by atoms with van der Waals surface area (Å²) in [5.74, 6) is -0.563. The summed E-state index contributed by atoms with van der Waals surface area (Å²) in [6.07, 6.45) is 2.63. The number of nitrogens with zero attached hydrogens (tertiary/aromatic N) is 2. The molecule has 0 radical (unpaired) electrons. The minimum atomic E-state index is -0.554. The van der Waals surface area contributed by atoms with E-state index in [1.807, 2.05) is 36.5 Å². The third-order valence-corrected chi connectivity index (χ3v) is 6.44. The number of hydrogen-bond acceptors (Lipinski definition) is 5. The zero-order valence-electron chi connectivity index (χ0n) is 16.3. The Morgan fingerprint density at radius 2 is 2.00 bits per heavy atom. The number of hydrogen-bond donors (Lipinski definition) is 1. The van der Waals surface area contributed by atoms with E-state index in [0.717, 1.165) is 16.5 Å². The minimum Gasteiger partial charge on any atom is -0.469 e. The summed E-state index contributed by atoms with van der Waals surface area (Å²) in [7, 11) is 1.32. The van der Waals surface area contributed by atoms with Crippen LogP contribution in [-0.4, -0.2) is 45.8 Å². The molecule has 2 aromatic carbocycles. The fourth-order valence-electron chi connectivity index (χ4n) is 3.38. The monoisotopic (exact) mass is 441 g/mol. The first-order valence-corrected chi connectivity index (χ1v) is 10.8. The Labute approximate surface area is 183 Å². The average molecular weight is 442 g/mol. The highest BCUT2D eigenvalue weighted by Crippen LogP contribution is 2.34. The van der Waals surface area contributed by atoms with E-state index in [1.165, 1.54) is 18.9 Å². The lowest BCUT2D eigenvalue weighted by atomic mass is 10.1. The highest BCUT2D eigenvalue weighted by molar-refractivity contribution is 8.15. The van der Waals surface area contributed by atoms with Gasteiger partial charge in [0.05, 0.1) is 24.2 Å². The topological polar surface area (TPSA) is 74.8 Å². The molecule has 1 fully saturated rings. The number of aromatic amines is 1. The molecule has 8 heteroatoms. The van der Waals surface area contributed by atoms with E-state index in [2.05, 4.69) is 16.0 Å². The van der Waals surface area contributed by atoms with Crippen molar-refractivity contribution in [3.05, 3.63) is 65.3 Å². The van der Waals surface area contributed by atoms with Crippen LogP contribution in [0.4, 0.5) is 5.69 Å². The van der Waals surface area contributed by atoms with Gasteiger partial charge in [-0.2, -0.15) is 0 Å². The van der Waals surface area contributed by atoms with Crippen molar-refractivity contribution in [3.8, 4) is 0 Å². The van der Waals surface area contributed by atoms with E-state index in [1.54, 1.807) is 17.0 Å². The van der Waals surface area contributed by atoms with Crippen LogP contribution < -0.4 is 0 Å². The fraction of sp³-hybridized carbons (Fsp3) is 0.227. The smallest absolute Gasteiger partial charge is 0.307 e. The third kappa shape index (κ3) is 4.22. The molecule has 1 aliphatic heterocycles. The van der Waals surface area contributed by atoms with Crippen LogP contribution in [0.5, 0.6) is 0 Å². The molecule has 0 spiro atoms. The number of amidine groups is 1. The quantitative estimate of drug-likeness (QED) is 0.569. The SMILES string of the molecule is COC(=O)C[C@H]1SC(=Nc2ccccc2Cl)N(CCc2c[nH]c3ccccc23)C1=O. The molecule has 1 amide bonds. The van der Waals surface area contributed by atoms with Crippen molar-refractivity contribution in [2.75, 3.05) is 13.7 Å². The molecular weight excluding hydrogens is 422 g/mol. The van der Waals surface area contributed by atoms with Gasteiger partial charge in [0.2, 0.25) is 5.91 Å². The molecule has 30 heavy (non-hydrogen) atoms. The number of carbonyl (C=O) groups is 2. The van der Waals surface area contributed by atoms with Crippen LogP contribution in [0.2, 0.25) is 5.02 Å². The number of amides is 1. The van der Waals surface area contributed by atoms with Crippen molar-refractivity contribution in [3.63, 3.8) is 0 Å².